The lowest BCUT2D eigenvalue weighted by Crippen LogP contribution is -2.28. The molecular formula is C21H18BrClN2O6. The van der Waals surface area contributed by atoms with Crippen molar-refractivity contribution >= 4 is 62.7 Å². The van der Waals surface area contributed by atoms with Gasteiger partial charge in [0.2, 0.25) is 5.91 Å². The van der Waals surface area contributed by atoms with Crippen LogP contribution in [0, 0.1) is 5.92 Å². The molecule has 1 saturated heterocycles. The van der Waals surface area contributed by atoms with Crippen LogP contribution in [0.5, 0.6) is 0 Å². The Hall–Kier alpha value is -2.91. The van der Waals surface area contributed by atoms with E-state index < -0.39 is 30.4 Å². The molecule has 1 N–H and O–H groups in total. The van der Waals surface area contributed by atoms with Gasteiger partial charge in [0.25, 0.3) is 5.91 Å². The average molecular weight is 510 g/mol. The number of methoxy groups -OCH3 is 1. The van der Waals surface area contributed by atoms with Gasteiger partial charge in [0.1, 0.15) is 0 Å². The highest BCUT2D eigenvalue weighted by Gasteiger charge is 2.36. The average Bonchev–Trinajstić information content (AvgIpc) is 3.16. The number of benzene rings is 2. The van der Waals surface area contributed by atoms with Gasteiger partial charge in [0, 0.05) is 28.8 Å². The van der Waals surface area contributed by atoms with E-state index in [-0.39, 0.29) is 18.9 Å². The maximum Gasteiger partial charge on any atom is 0.337 e. The lowest BCUT2D eigenvalue weighted by molar-refractivity contribution is -0.151. The summed E-state index contributed by atoms with van der Waals surface area (Å²) in [4.78, 5) is 49.7. The summed E-state index contributed by atoms with van der Waals surface area (Å²) in [5.41, 5.74) is 1.37. The number of carbonyl (C=O) groups is 4. The van der Waals surface area contributed by atoms with Crippen molar-refractivity contribution in [2.24, 2.45) is 5.92 Å². The van der Waals surface area contributed by atoms with E-state index in [9.17, 15) is 19.2 Å². The van der Waals surface area contributed by atoms with Crippen molar-refractivity contribution in [1.29, 1.82) is 0 Å². The van der Waals surface area contributed by atoms with Crippen molar-refractivity contribution in [3.8, 4) is 0 Å². The number of nitrogens with one attached hydrogen (secondary N) is 1. The van der Waals surface area contributed by atoms with Crippen LogP contribution in [0.2, 0.25) is 5.02 Å². The molecule has 3 rings (SSSR count). The molecule has 2 aromatic carbocycles. The third-order valence-electron chi connectivity index (χ3n) is 4.61. The number of anilines is 2. The molecule has 0 radical (unpaired) electrons. The lowest BCUT2D eigenvalue weighted by atomic mass is 10.1. The number of rotatable bonds is 6. The van der Waals surface area contributed by atoms with Crippen molar-refractivity contribution in [2.45, 2.75) is 6.42 Å². The van der Waals surface area contributed by atoms with E-state index in [0.29, 0.717) is 26.4 Å². The topological polar surface area (TPSA) is 102 Å². The third-order valence-corrected chi connectivity index (χ3v) is 5.84. The number of esters is 2. The predicted molar refractivity (Wildman–Crippen MR) is 117 cm³/mol. The molecule has 0 unspecified atom stereocenters. The molecule has 162 valence electrons. The fourth-order valence-electron chi connectivity index (χ4n) is 3.04. The van der Waals surface area contributed by atoms with Gasteiger partial charge in [-0.25, -0.2) is 4.79 Å². The number of hydrogen-bond acceptors (Lipinski definition) is 6. The zero-order chi connectivity index (χ0) is 22.5. The lowest BCUT2D eigenvalue weighted by Gasteiger charge is -2.16. The van der Waals surface area contributed by atoms with Crippen LogP contribution in [0.3, 0.4) is 0 Å². The first-order chi connectivity index (χ1) is 14.8. The molecule has 1 fully saturated rings. The monoisotopic (exact) mass is 508 g/mol. The van der Waals surface area contributed by atoms with E-state index in [2.05, 4.69) is 26.0 Å². The molecule has 1 aliphatic heterocycles. The molecule has 1 heterocycles. The number of hydrogen-bond donors (Lipinski definition) is 1. The summed E-state index contributed by atoms with van der Waals surface area (Å²) in [5.74, 6) is -2.58. The normalized spacial score (nSPS) is 15.5. The molecule has 0 bridgehead atoms. The fraction of sp³-hybridized carbons (Fsp3) is 0.238. The third kappa shape index (κ3) is 5.62. The van der Waals surface area contributed by atoms with Crippen molar-refractivity contribution in [3.05, 3.63) is 57.5 Å². The fourth-order valence-corrected chi connectivity index (χ4v) is 3.46. The zero-order valence-corrected chi connectivity index (χ0v) is 18.7. The quantitative estimate of drug-likeness (QED) is 0.599. The first kappa shape index (κ1) is 22.8. The van der Waals surface area contributed by atoms with Gasteiger partial charge in [-0.1, -0.05) is 11.6 Å². The second-order valence-corrected chi connectivity index (χ2v) is 7.99. The minimum Gasteiger partial charge on any atom is -0.465 e. The van der Waals surface area contributed by atoms with Crippen LogP contribution in [-0.2, 0) is 23.9 Å². The van der Waals surface area contributed by atoms with Gasteiger partial charge >= 0.3 is 11.9 Å². The summed E-state index contributed by atoms with van der Waals surface area (Å²) in [6.07, 6.45) is -0.0263. The Kier molecular flexibility index (Phi) is 7.29. The first-order valence-electron chi connectivity index (χ1n) is 9.18. The Balaban J connectivity index is 1.53. The number of carbonyl (C=O) groups excluding carboxylic acids is 4. The number of amides is 2. The molecule has 1 aliphatic rings. The van der Waals surface area contributed by atoms with E-state index in [1.807, 2.05) is 0 Å². The van der Waals surface area contributed by atoms with Gasteiger partial charge < -0.3 is 19.7 Å². The minimum atomic E-state index is -0.692. The Morgan fingerprint density at radius 1 is 1.19 bits per heavy atom. The Morgan fingerprint density at radius 2 is 1.90 bits per heavy atom. The van der Waals surface area contributed by atoms with Crippen LogP contribution in [0.4, 0.5) is 11.4 Å². The molecule has 31 heavy (non-hydrogen) atoms. The number of halogens is 2. The maximum atomic E-state index is 12.3. The second kappa shape index (κ2) is 9.93. The number of ether oxygens (including phenoxy) is 2. The smallest absolute Gasteiger partial charge is 0.337 e. The summed E-state index contributed by atoms with van der Waals surface area (Å²) in [6, 6.07) is 11.2. The molecule has 1 atom stereocenters. The molecule has 8 nitrogen and oxygen atoms in total. The highest BCUT2D eigenvalue weighted by atomic mass is 79.9. The Labute approximate surface area is 191 Å². The highest BCUT2D eigenvalue weighted by molar-refractivity contribution is 9.10. The van der Waals surface area contributed by atoms with Crippen LogP contribution in [-0.4, -0.2) is 44.0 Å². The van der Waals surface area contributed by atoms with Gasteiger partial charge in [-0.05, 0) is 58.4 Å². The van der Waals surface area contributed by atoms with Gasteiger partial charge in [-0.2, -0.15) is 0 Å². The van der Waals surface area contributed by atoms with Gasteiger partial charge in [0.05, 0.1) is 23.6 Å². The molecule has 0 aromatic heterocycles. The zero-order valence-electron chi connectivity index (χ0n) is 16.4. The predicted octanol–water partition coefficient (Wildman–Crippen LogP) is 3.42. The maximum absolute atomic E-state index is 12.3. The van der Waals surface area contributed by atoms with E-state index in [0.717, 1.165) is 0 Å². The summed E-state index contributed by atoms with van der Waals surface area (Å²) in [7, 11) is 1.28. The Morgan fingerprint density at radius 3 is 2.55 bits per heavy atom. The standard InChI is InChI=1S/C21H18BrClN2O6/c1-30-20(28)12-2-5-15(6-3-12)25-10-13(8-19(25)27)21(29)31-11-18(26)24-14-4-7-16(22)17(23)9-14/h2-7,9,13H,8,10-11H2,1H3,(H,24,26)/t13-/m0/s1. The molecule has 2 amide bonds. The van der Waals surface area contributed by atoms with Gasteiger partial charge in [-0.15, -0.1) is 0 Å². The van der Waals surface area contributed by atoms with E-state index in [4.69, 9.17) is 16.3 Å². The SMILES string of the molecule is COC(=O)c1ccc(N2C[C@@H](C(=O)OCC(=O)Nc3ccc(Br)c(Cl)c3)CC2=O)cc1. The molecule has 0 saturated carbocycles. The van der Waals surface area contributed by atoms with E-state index in [1.54, 1.807) is 42.5 Å². The van der Waals surface area contributed by atoms with Crippen LogP contribution in [0.15, 0.2) is 46.9 Å². The first-order valence-corrected chi connectivity index (χ1v) is 10.4. The molecule has 10 heteroatoms. The highest BCUT2D eigenvalue weighted by Crippen LogP contribution is 2.27. The van der Waals surface area contributed by atoms with Crippen LogP contribution < -0.4 is 10.2 Å². The van der Waals surface area contributed by atoms with Gasteiger partial charge in [0.15, 0.2) is 6.61 Å². The van der Waals surface area contributed by atoms with Crippen molar-refractivity contribution in [2.75, 3.05) is 30.5 Å². The molecule has 0 spiro atoms. The van der Waals surface area contributed by atoms with Crippen molar-refractivity contribution < 1.29 is 28.7 Å². The van der Waals surface area contributed by atoms with Crippen LogP contribution >= 0.6 is 27.5 Å². The summed E-state index contributed by atoms with van der Waals surface area (Å²) in [5, 5.41) is 3.01. The van der Waals surface area contributed by atoms with Crippen LogP contribution in [0.25, 0.3) is 0 Å². The molecular weight excluding hydrogens is 492 g/mol. The van der Waals surface area contributed by atoms with Crippen molar-refractivity contribution in [3.63, 3.8) is 0 Å². The van der Waals surface area contributed by atoms with E-state index >= 15 is 0 Å². The Bertz CT molecular complexity index is 1030. The van der Waals surface area contributed by atoms with Crippen molar-refractivity contribution in [1.82, 2.24) is 0 Å². The molecule has 0 aliphatic carbocycles. The summed E-state index contributed by atoms with van der Waals surface area (Å²) >= 11 is 9.23. The molecule has 2 aromatic rings. The summed E-state index contributed by atoms with van der Waals surface area (Å²) in [6.45, 7) is -0.357. The number of nitrogens with zero attached hydrogens (tertiary/aromatic N) is 1. The van der Waals surface area contributed by atoms with E-state index in [1.165, 1.54) is 12.0 Å². The summed E-state index contributed by atoms with van der Waals surface area (Å²) < 4.78 is 10.4. The largest absolute Gasteiger partial charge is 0.465 e. The van der Waals surface area contributed by atoms with Crippen LogP contribution in [0.1, 0.15) is 16.8 Å². The minimum absolute atomic E-state index is 0.0263. The second-order valence-electron chi connectivity index (χ2n) is 6.73. The van der Waals surface area contributed by atoms with Gasteiger partial charge in [-0.3, -0.25) is 14.4 Å².